The summed E-state index contributed by atoms with van der Waals surface area (Å²) in [6.07, 6.45) is 4.32. The normalized spacial score (nSPS) is 12.6. The number of nitrogens with zero attached hydrogens (tertiary/aromatic N) is 3. The number of fused-ring (bicyclic) bond motifs is 1. The van der Waals surface area contributed by atoms with Crippen molar-refractivity contribution in [2.75, 3.05) is 6.26 Å². The van der Waals surface area contributed by atoms with Crippen LogP contribution in [0, 0.1) is 0 Å². The van der Waals surface area contributed by atoms with E-state index < -0.39 is 9.84 Å². The molecule has 4 rings (SSSR count). The van der Waals surface area contributed by atoms with Crippen molar-refractivity contribution in [1.29, 1.82) is 0 Å². The summed E-state index contributed by atoms with van der Waals surface area (Å²) in [5, 5.41) is 7.29. The van der Waals surface area contributed by atoms with Crippen molar-refractivity contribution < 1.29 is 13.2 Å². The van der Waals surface area contributed by atoms with E-state index in [9.17, 15) is 13.2 Å². The lowest BCUT2D eigenvalue weighted by molar-refractivity contribution is 0.0941. The molecule has 7 nitrogen and oxygen atoms in total. The molecule has 0 aliphatic heterocycles. The summed E-state index contributed by atoms with van der Waals surface area (Å²) >= 11 is 0. The summed E-state index contributed by atoms with van der Waals surface area (Å²) in [6.45, 7) is 1.84. The van der Waals surface area contributed by atoms with E-state index in [2.05, 4.69) is 15.4 Å². The first-order chi connectivity index (χ1) is 14.3. The summed E-state index contributed by atoms with van der Waals surface area (Å²) in [4.78, 5) is 17.5. The van der Waals surface area contributed by atoms with E-state index in [0.717, 1.165) is 23.1 Å². The molecular formula is C22H20N4O3S. The molecule has 0 radical (unpaired) electrons. The number of benzene rings is 2. The monoisotopic (exact) mass is 420 g/mol. The van der Waals surface area contributed by atoms with E-state index in [1.807, 2.05) is 43.3 Å². The first-order valence-corrected chi connectivity index (χ1v) is 11.2. The van der Waals surface area contributed by atoms with E-state index in [1.165, 1.54) is 18.3 Å². The SMILES string of the molecule is C[C@H](NC(=O)c1cnn2c(-c3ccccc3)ccnc12)c1ccc(S(C)(=O)=O)cc1. The maximum Gasteiger partial charge on any atom is 0.257 e. The van der Waals surface area contributed by atoms with Crippen LogP contribution in [0.3, 0.4) is 0 Å². The van der Waals surface area contributed by atoms with Crippen molar-refractivity contribution in [3.8, 4) is 11.3 Å². The standard InChI is InChI=1S/C22H20N4O3S/c1-15(16-8-10-18(11-9-16)30(2,28)29)25-22(27)19-14-24-26-20(12-13-23-21(19)26)17-6-4-3-5-7-17/h3-15H,1-2H3,(H,25,27)/t15-/m0/s1. The minimum absolute atomic E-state index is 0.241. The minimum atomic E-state index is -3.26. The number of amides is 1. The van der Waals surface area contributed by atoms with Crippen LogP contribution in [0.25, 0.3) is 16.9 Å². The van der Waals surface area contributed by atoms with Gasteiger partial charge in [-0.05, 0) is 30.7 Å². The van der Waals surface area contributed by atoms with Crippen LogP contribution >= 0.6 is 0 Å². The first-order valence-electron chi connectivity index (χ1n) is 9.33. The maximum atomic E-state index is 12.9. The Labute approximate surface area is 174 Å². The number of nitrogens with one attached hydrogen (secondary N) is 1. The van der Waals surface area contributed by atoms with Crippen LogP contribution in [-0.4, -0.2) is 35.2 Å². The predicted octanol–water partition coefficient (Wildman–Crippen LogP) is 3.29. The summed E-state index contributed by atoms with van der Waals surface area (Å²) in [7, 11) is -3.26. The Bertz CT molecular complexity index is 1310. The molecule has 2 aromatic carbocycles. The number of sulfone groups is 1. The van der Waals surface area contributed by atoms with Crippen LogP contribution in [0.1, 0.15) is 28.9 Å². The van der Waals surface area contributed by atoms with Crippen molar-refractivity contribution >= 4 is 21.4 Å². The van der Waals surface area contributed by atoms with E-state index in [-0.39, 0.29) is 16.8 Å². The van der Waals surface area contributed by atoms with Crippen molar-refractivity contribution in [1.82, 2.24) is 19.9 Å². The molecule has 4 aromatic rings. The van der Waals surface area contributed by atoms with Gasteiger partial charge < -0.3 is 5.32 Å². The molecule has 1 amide bonds. The lowest BCUT2D eigenvalue weighted by atomic mass is 10.1. The Kier molecular flexibility index (Phi) is 5.09. The summed E-state index contributed by atoms with van der Waals surface area (Å²) < 4.78 is 24.9. The van der Waals surface area contributed by atoms with Gasteiger partial charge in [-0.25, -0.2) is 17.9 Å². The number of aromatic nitrogens is 3. The van der Waals surface area contributed by atoms with Gasteiger partial charge in [-0.3, -0.25) is 4.79 Å². The summed E-state index contributed by atoms with van der Waals surface area (Å²) in [6, 6.07) is 17.8. The molecule has 0 fully saturated rings. The molecule has 1 atom stereocenters. The fourth-order valence-corrected chi connectivity index (χ4v) is 3.87. The summed E-state index contributed by atoms with van der Waals surface area (Å²) in [5.41, 5.74) is 3.44. The molecule has 2 heterocycles. The largest absolute Gasteiger partial charge is 0.345 e. The van der Waals surface area contributed by atoms with E-state index >= 15 is 0 Å². The van der Waals surface area contributed by atoms with Crippen LogP contribution in [0.5, 0.6) is 0 Å². The first kappa shape index (κ1) is 19.8. The molecule has 0 unspecified atom stereocenters. The number of rotatable bonds is 5. The molecule has 0 saturated heterocycles. The zero-order valence-corrected chi connectivity index (χ0v) is 17.3. The average molecular weight is 420 g/mol. The Balaban J connectivity index is 1.59. The van der Waals surface area contributed by atoms with Gasteiger partial charge in [0.25, 0.3) is 5.91 Å². The Morgan fingerprint density at radius 2 is 1.73 bits per heavy atom. The van der Waals surface area contributed by atoms with E-state index in [0.29, 0.717) is 11.2 Å². The Morgan fingerprint density at radius 3 is 2.40 bits per heavy atom. The summed E-state index contributed by atoms with van der Waals surface area (Å²) in [5.74, 6) is -0.303. The van der Waals surface area contributed by atoms with Gasteiger partial charge in [0.05, 0.1) is 22.8 Å². The maximum absolute atomic E-state index is 12.9. The lowest BCUT2D eigenvalue weighted by Crippen LogP contribution is -2.26. The van der Waals surface area contributed by atoms with Crippen LogP contribution < -0.4 is 5.32 Å². The zero-order chi connectivity index (χ0) is 21.3. The van der Waals surface area contributed by atoms with Gasteiger partial charge in [-0.15, -0.1) is 0 Å². The molecule has 0 bridgehead atoms. The number of hydrogen-bond acceptors (Lipinski definition) is 5. The van der Waals surface area contributed by atoms with Crippen molar-refractivity contribution in [2.24, 2.45) is 0 Å². The molecule has 2 aromatic heterocycles. The van der Waals surface area contributed by atoms with Crippen LogP contribution in [0.2, 0.25) is 0 Å². The quantitative estimate of drug-likeness (QED) is 0.535. The second kappa shape index (κ2) is 7.72. The molecule has 8 heteroatoms. The number of carbonyl (C=O) groups is 1. The molecule has 0 aliphatic carbocycles. The van der Waals surface area contributed by atoms with Crippen LogP contribution in [0.4, 0.5) is 0 Å². The van der Waals surface area contributed by atoms with Gasteiger partial charge in [0.15, 0.2) is 15.5 Å². The van der Waals surface area contributed by atoms with Gasteiger partial charge in [0.1, 0.15) is 5.56 Å². The Morgan fingerprint density at radius 1 is 1.03 bits per heavy atom. The highest BCUT2D eigenvalue weighted by Gasteiger charge is 2.19. The van der Waals surface area contributed by atoms with Crippen molar-refractivity contribution in [2.45, 2.75) is 17.9 Å². The molecule has 0 aliphatic rings. The molecular weight excluding hydrogens is 400 g/mol. The number of hydrogen-bond donors (Lipinski definition) is 1. The third-order valence-corrected chi connectivity index (χ3v) is 6.00. The van der Waals surface area contributed by atoms with Gasteiger partial charge >= 0.3 is 0 Å². The highest BCUT2D eigenvalue weighted by atomic mass is 32.2. The zero-order valence-electron chi connectivity index (χ0n) is 16.5. The second-order valence-corrected chi connectivity index (χ2v) is 9.04. The lowest BCUT2D eigenvalue weighted by Gasteiger charge is -2.14. The predicted molar refractivity (Wildman–Crippen MR) is 114 cm³/mol. The van der Waals surface area contributed by atoms with Crippen LogP contribution in [0.15, 0.2) is 78.0 Å². The van der Waals surface area contributed by atoms with Gasteiger partial charge in [0.2, 0.25) is 0 Å². The van der Waals surface area contributed by atoms with Gasteiger partial charge in [-0.2, -0.15) is 5.10 Å². The molecule has 152 valence electrons. The highest BCUT2D eigenvalue weighted by Crippen LogP contribution is 2.22. The smallest absolute Gasteiger partial charge is 0.257 e. The molecule has 1 N–H and O–H groups in total. The van der Waals surface area contributed by atoms with Crippen molar-refractivity contribution in [3.63, 3.8) is 0 Å². The second-order valence-electron chi connectivity index (χ2n) is 7.03. The van der Waals surface area contributed by atoms with E-state index in [4.69, 9.17) is 0 Å². The highest BCUT2D eigenvalue weighted by molar-refractivity contribution is 7.90. The van der Waals surface area contributed by atoms with Crippen molar-refractivity contribution in [3.05, 3.63) is 84.2 Å². The fourth-order valence-electron chi connectivity index (χ4n) is 3.24. The molecule has 30 heavy (non-hydrogen) atoms. The minimum Gasteiger partial charge on any atom is -0.345 e. The average Bonchev–Trinajstić information content (AvgIpc) is 3.18. The van der Waals surface area contributed by atoms with Gasteiger partial charge in [-0.1, -0.05) is 42.5 Å². The van der Waals surface area contributed by atoms with Gasteiger partial charge in [0, 0.05) is 18.0 Å². The third kappa shape index (κ3) is 3.81. The van der Waals surface area contributed by atoms with Crippen LogP contribution in [-0.2, 0) is 9.84 Å². The number of carbonyl (C=O) groups excluding carboxylic acids is 1. The Hall–Kier alpha value is -3.52. The molecule has 0 saturated carbocycles. The third-order valence-electron chi connectivity index (χ3n) is 4.87. The van der Waals surface area contributed by atoms with E-state index in [1.54, 1.807) is 22.8 Å². The topological polar surface area (TPSA) is 93.4 Å². The molecule has 0 spiro atoms. The fraction of sp³-hybridized carbons (Fsp3) is 0.136.